The lowest BCUT2D eigenvalue weighted by atomic mass is 10.0. The van der Waals surface area contributed by atoms with Crippen LogP contribution in [0.2, 0.25) is 0 Å². The first kappa shape index (κ1) is 16.9. The Bertz CT molecular complexity index is 754. The number of hydrogen-bond acceptors (Lipinski definition) is 2. The molecule has 3 heterocycles. The molecule has 5 nitrogen and oxygen atoms in total. The van der Waals surface area contributed by atoms with Crippen LogP contribution in [0.1, 0.15) is 43.3 Å². The number of nitrogens with one attached hydrogen (secondary N) is 1. The molecule has 1 atom stereocenters. The summed E-state index contributed by atoms with van der Waals surface area (Å²) in [6.45, 7) is 2.05. The molecule has 138 valence electrons. The predicted molar refractivity (Wildman–Crippen MR) is 96.7 cm³/mol. The summed E-state index contributed by atoms with van der Waals surface area (Å²) in [7, 11) is 0. The summed E-state index contributed by atoms with van der Waals surface area (Å²) in [5.41, 5.74) is 0.734. The number of nitrogens with zero attached hydrogens (tertiary/aromatic N) is 2. The van der Waals surface area contributed by atoms with Crippen molar-refractivity contribution in [2.75, 3.05) is 19.7 Å². The van der Waals surface area contributed by atoms with Crippen LogP contribution in [0.15, 0.2) is 42.7 Å². The first-order valence-corrected chi connectivity index (χ1v) is 9.31. The minimum Gasteiger partial charge on any atom is -0.493 e. The van der Waals surface area contributed by atoms with Gasteiger partial charge in [0.25, 0.3) is 0 Å². The Balaban J connectivity index is 1.40. The summed E-state index contributed by atoms with van der Waals surface area (Å²) in [5, 5.41) is 3.10. The summed E-state index contributed by atoms with van der Waals surface area (Å²) >= 11 is 0. The van der Waals surface area contributed by atoms with Crippen molar-refractivity contribution in [3.8, 4) is 5.75 Å². The fraction of sp³-hybridized carbons (Fsp3) is 0.450. The van der Waals surface area contributed by atoms with Gasteiger partial charge in [0.2, 0.25) is 0 Å². The van der Waals surface area contributed by atoms with Crippen LogP contribution in [0.25, 0.3) is 0 Å². The average molecular weight is 357 g/mol. The Morgan fingerprint density at radius 3 is 2.69 bits per heavy atom. The molecule has 4 rings (SSSR count). The van der Waals surface area contributed by atoms with Gasteiger partial charge in [0.05, 0.1) is 12.6 Å². The van der Waals surface area contributed by atoms with Gasteiger partial charge >= 0.3 is 6.03 Å². The molecule has 1 N–H and O–H groups in total. The second-order valence-corrected chi connectivity index (χ2v) is 7.02. The van der Waals surface area contributed by atoms with Gasteiger partial charge in [0.15, 0.2) is 0 Å². The third kappa shape index (κ3) is 3.54. The van der Waals surface area contributed by atoms with Crippen LogP contribution in [-0.2, 0) is 0 Å². The van der Waals surface area contributed by atoms with E-state index in [2.05, 4.69) is 22.3 Å². The maximum Gasteiger partial charge on any atom is 0.317 e. The lowest BCUT2D eigenvalue weighted by molar-refractivity contribution is 0.167. The van der Waals surface area contributed by atoms with Crippen molar-refractivity contribution >= 4 is 6.03 Å². The monoisotopic (exact) mass is 357 g/mol. The van der Waals surface area contributed by atoms with Crippen LogP contribution >= 0.6 is 0 Å². The summed E-state index contributed by atoms with van der Waals surface area (Å²) in [6.07, 6.45) is 7.63. The average Bonchev–Trinajstić information content (AvgIpc) is 3.13. The number of fused-ring (bicyclic) bond motifs is 1. The van der Waals surface area contributed by atoms with Crippen molar-refractivity contribution in [2.45, 2.75) is 37.8 Å². The maximum atomic E-state index is 13.7. The Hall–Kier alpha value is -2.50. The van der Waals surface area contributed by atoms with E-state index in [4.69, 9.17) is 4.74 Å². The van der Waals surface area contributed by atoms with Gasteiger partial charge in [-0.05, 0) is 56.0 Å². The maximum absolute atomic E-state index is 13.7. The number of piperidine rings is 1. The molecule has 6 heteroatoms. The number of benzene rings is 1. The van der Waals surface area contributed by atoms with Gasteiger partial charge in [0, 0.05) is 37.1 Å². The van der Waals surface area contributed by atoms with E-state index < -0.39 is 0 Å². The minimum atomic E-state index is -0.305. The number of likely N-dealkylation sites (tertiary alicyclic amines) is 1. The highest BCUT2D eigenvalue weighted by Crippen LogP contribution is 2.32. The molecule has 1 fully saturated rings. The van der Waals surface area contributed by atoms with Gasteiger partial charge in [-0.3, -0.25) is 0 Å². The summed E-state index contributed by atoms with van der Waals surface area (Å²) in [4.78, 5) is 14.6. The third-order valence-corrected chi connectivity index (χ3v) is 5.34. The van der Waals surface area contributed by atoms with Crippen LogP contribution in [0.5, 0.6) is 5.75 Å². The first-order chi connectivity index (χ1) is 12.7. The number of amides is 2. The van der Waals surface area contributed by atoms with Crippen LogP contribution in [0, 0.1) is 5.82 Å². The molecular formula is C20H24FN3O2. The van der Waals surface area contributed by atoms with Crippen LogP contribution in [-0.4, -0.2) is 35.2 Å². The Morgan fingerprint density at radius 2 is 1.92 bits per heavy atom. The number of ether oxygens (including phenoxy) is 1. The number of halogens is 1. The van der Waals surface area contributed by atoms with E-state index in [0.29, 0.717) is 18.4 Å². The van der Waals surface area contributed by atoms with Gasteiger partial charge in [-0.15, -0.1) is 0 Å². The zero-order valence-corrected chi connectivity index (χ0v) is 14.7. The molecular weight excluding hydrogens is 333 g/mol. The predicted octanol–water partition coefficient (Wildman–Crippen LogP) is 3.89. The summed E-state index contributed by atoms with van der Waals surface area (Å²) < 4.78 is 21.6. The highest BCUT2D eigenvalue weighted by Gasteiger charge is 2.27. The van der Waals surface area contributed by atoms with E-state index in [1.807, 2.05) is 17.0 Å². The molecule has 1 saturated heterocycles. The molecule has 2 aliphatic rings. The van der Waals surface area contributed by atoms with E-state index >= 15 is 0 Å². The number of rotatable bonds is 2. The summed E-state index contributed by atoms with van der Waals surface area (Å²) in [6, 6.07) is 8.76. The molecule has 2 aromatic rings. The fourth-order valence-corrected chi connectivity index (χ4v) is 3.90. The largest absolute Gasteiger partial charge is 0.493 e. The van der Waals surface area contributed by atoms with Gasteiger partial charge in [0.1, 0.15) is 11.6 Å². The molecule has 0 radical (unpaired) electrons. The standard InChI is InChI=1S/C20H24FN3O2/c21-15-5-6-19-17(14-15)18(4-3-13-26-19)22-20(25)24-11-7-16(8-12-24)23-9-1-2-10-23/h1-2,5-6,9-10,14,16,18H,3-4,7-8,11-13H2,(H,22,25)/t18-/m1/s1. The van der Waals surface area contributed by atoms with Crippen molar-refractivity contribution in [3.05, 3.63) is 54.1 Å². The number of carbonyl (C=O) groups excluding carboxylic acids is 1. The number of hydrogen-bond donors (Lipinski definition) is 1. The Labute approximate surface area is 152 Å². The van der Waals surface area contributed by atoms with Gasteiger partial charge < -0.3 is 19.5 Å². The van der Waals surface area contributed by atoms with Crippen molar-refractivity contribution in [2.24, 2.45) is 0 Å². The molecule has 1 aromatic heterocycles. The Kier molecular flexibility index (Phi) is 4.82. The van der Waals surface area contributed by atoms with E-state index in [1.54, 1.807) is 6.07 Å². The fourth-order valence-electron chi connectivity index (χ4n) is 3.90. The van der Waals surface area contributed by atoms with Crippen molar-refractivity contribution < 1.29 is 13.9 Å². The van der Waals surface area contributed by atoms with Crippen LogP contribution in [0.3, 0.4) is 0 Å². The molecule has 2 aliphatic heterocycles. The lowest BCUT2D eigenvalue weighted by Gasteiger charge is -2.34. The molecule has 0 aliphatic carbocycles. The molecule has 2 amide bonds. The van der Waals surface area contributed by atoms with Crippen molar-refractivity contribution in [3.63, 3.8) is 0 Å². The molecule has 0 bridgehead atoms. The lowest BCUT2D eigenvalue weighted by Crippen LogP contribution is -2.45. The van der Waals surface area contributed by atoms with Gasteiger partial charge in [-0.1, -0.05) is 0 Å². The normalized spacial score (nSPS) is 20.8. The second-order valence-electron chi connectivity index (χ2n) is 7.02. The van der Waals surface area contributed by atoms with Crippen molar-refractivity contribution in [1.29, 1.82) is 0 Å². The zero-order valence-electron chi connectivity index (χ0n) is 14.7. The van der Waals surface area contributed by atoms with Crippen LogP contribution in [0.4, 0.5) is 9.18 Å². The van der Waals surface area contributed by atoms with Gasteiger partial charge in [-0.25, -0.2) is 9.18 Å². The van der Waals surface area contributed by atoms with E-state index in [1.165, 1.54) is 12.1 Å². The van der Waals surface area contributed by atoms with E-state index in [-0.39, 0.29) is 17.9 Å². The SMILES string of the molecule is O=C(N[C@@H]1CCCOc2ccc(F)cc21)N1CCC(n2cccc2)CC1. The molecule has 1 aromatic carbocycles. The topological polar surface area (TPSA) is 46.5 Å². The van der Waals surface area contributed by atoms with E-state index in [9.17, 15) is 9.18 Å². The third-order valence-electron chi connectivity index (χ3n) is 5.34. The second kappa shape index (κ2) is 7.40. The number of aromatic nitrogens is 1. The van der Waals surface area contributed by atoms with Crippen LogP contribution < -0.4 is 10.1 Å². The Morgan fingerprint density at radius 1 is 1.15 bits per heavy atom. The number of urea groups is 1. The quantitative estimate of drug-likeness (QED) is 0.886. The van der Waals surface area contributed by atoms with Gasteiger partial charge in [-0.2, -0.15) is 0 Å². The zero-order chi connectivity index (χ0) is 17.9. The summed E-state index contributed by atoms with van der Waals surface area (Å²) in [5.74, 6) is 0.363. The van der Waals surface area contributed by atoms with Crippen molar-refractivity contribution in [1.82, 2.24) is 14.8 Å². The molecule has 0 spiro atoms. The highest BCUT2D eigenvalue weighted by atomic mass is 19.1. The molecule has 0 saturated carbocycles. The number of carbonyl (C=O) groups is 1. The van der Waals surface area contributed by atoms with E-state index in [0.717, 1.165) is 44.3 Å². The highest BCUT2D eigenvalue weighted by molar-refractivity contribution is 5.75. The first-order valence-electron chi connectivity index (χ1n) is 9.31. The smallest absolute Gasteiger partial charge is 0.317 e. The minimum absolute atomic E-state index is 0.0712. The molecule has 26 heavy (non-hydrogen) atoms. The molecule has 0 unspecified atom stereocenters.